The van der Waals surface area contributed by atoms with Crippen LogP contribution in [-0.2, 0) is 6.54 Å². The van der Waals surface area contributed by atoms with Gasteiger partial charge in [-0.3, -0.25) is 0 Å². The summed E-state index contributed by atoms with van der Waals surface area (Å²) in [7, 11) is 1.93. The molecule has 0 unspecified atom stereocenters. The van der Waals surface area contributed by atoms with Gasteiger partial charge >= 0.3 is 0 Å². The van der Waals surface area contributed by atoms with Gasteiger partial charge in [0.2, 0.25) is 5.95 Å². The molecule has 0 fully saturated rings. The fraction of sp³-hybridized carbons (Fsp3) is 0.125. The maximum atomic E-state index is 5.89. The molecule has 2 heterocycles. The van der Waals surface area contributed by atoms with Gasteiger partial charge in [-0.2, -0.15) is 0 Å². The number of benzene rings is 1. The molecule has 2 aromatic heterocycles. The fourth-order valence-electron chi connectivity index (χ4n) is 2.03. The number of anilines is 1. The average molecular weight is 300 g/mol. The van der Waals surface area contributed by atoms with Gasteiger partial charge in [0.1, 0.15) is 11.5 Å². The molecule has 0 aliphatic heterocycles. The van der Waals surface area contributed by atoms with Crippen LogP contribution in [0, 0.1) is 0 Å². The molecule has 1 aromatic carbocycles. The summed E-state index contributed by atoms with van der Waals surface area (Å²) in [6, 6.07) is 13.3. The fourth-order valence-corrected chi connectivity index (χ4v) is 2.15. The van der Waals surface area contributed by atoms with E-state index in [-0.39, 0.29) is 0 Å². The first-order valence-corrected chi connectivity index (χ1v) is 6.93. The van der Waals surface area contributed by atoms with Crippen LogP contribution in [0.4, 0.5) is 5.95 Å². The second kappa shape index (κ2) is 5.97. The monoisotopic (exact) mass is 299 g/mol. The van der Waals surface area contributed by atoms with Crippen molar-refractivity contribution in [2.45, 2.75) is 6.54 Å². The van der Waals surface area contributed by atoms with E-state index in [1.807, 2.05) is 48.3 Å². The molecule has 0 amide bonds. The quantitative estimate of drug-likeness (QED) is 0.729. The third kappa shape index (κ3) is 3.23. The second-order valence-electron chi connectivity index (χ2n) is 4.68. The van der Waals surface area contributed by atoms with E-state index in [9.17, 15) is 0 Å². The van der Waals surface area contributed by atoms with E-state index < -0.39 is 0 Å². The zero-order valence-corrected chi connectivity index (χ0v) is 12.3. The Bertz CT molecular complexity index is 710. The maximum Gasteiger partial charge on any atom is 0.225 e. The standard InChI is InChI=1S/C16H14ClN3O/c1-20(16-18-9-2-10-19-16)11-14-7-8-15(21-14)12-3-5-13(17)6-4-12/h2-10H,11H2,1H3. The van der Waals surface area contributed by atoms with Crippen molar-refractivity contribution in [3.05, 3.63) is 65.6 Å². The molecule has 0 radical (unpaired) electrons. The predicted octanol–water partition coefficient (Wildman–Crippen LogP) is 4.03. The first-order chi connectivity index (χ1) is 10.2. The van der Waals surface area contributed by atoms with Gasteiger partial charge in [0.25, 0.3) is 0 Å². The van der Waals surface area contributed by atoms with Gasteiger partial charge in [0, 0.05) is 30.0 Å². The lowest BCUT2D eigenvalue weighted by molar-refractivity contribution is 0.518. The van der Waals surface area contributed by atoms with Crippen molar-refractivity contribution >= 4 is 17.5 Å². The van der Waals surface area contributed by atoms with Gasteiger partial charge in [-0.1, -0.05) is 11.6 Å². The highest BCUT2D eigenvalue weighted by Gasteiger charge is 2.09. The topological polar surface area (TPSA) is 42.2 Å². The highest BCUT2D eigenvalue weighted by molar-refractivity contribution is 6.30. The number of furan rings is 1. The summed E-state index contributed by atoms with van der Waals surface area (Å²) in [5.41, 5.74) is 1.00. The molecule has 0 bridgehead atoms. The third-order valence-electron chi connectivity index (χ3n) is 3.08. The summed E-state index contributed by atoms with van der Waals surface area (Å²) < 4.78 is 5.86. The van der Waals surface area contributed by atoms with Crippen LogP contribution in [-0.4, -0.2) is 17.0 Å². The molecule has 0 aliphatic carbocycles. The molecule has 0 atom stereocenters. The summed E-state index contributed by atoms with van der Waals surface area (Å²) in [6.07, 6.45) is 3.44. The molecule has 0 N–H and O–H groups in total. The SMILES string of the molecule is CN(Cc1ccc(-c2ccc(Cl)cc2)o1)c1ncccn1. The Hall–Kier alpha value is -2.33. The molecule has 0 saturated carbocycles. The number of halogens is 1. The third-order valence-corrected chi connectivity index (χ3v) is 3.33. The summed E-state index contributed by atoms with van der Waals surface area (Å²) in [5.74, 6) is 2.35. The van der Waals surface area contributed by atoms with Crippen molar-refractivity contribution in [3.63, 3.8) is 0 Å². The van der Waals surface area contributed by atoms with Crippen LogP contribution < -0.4 is 4.90 Å². The second-order valence-corrected chi connectivity index (χ2v) is 5.11. The summed E-state index contributed by atoms with van der Waals surface area (Å²) in [4.78, 5) is 10.4. The van der Waals surface area contributed by atoms with E-state index in [0.29, 0.717) is 17.5 Å². The van der Waals surface area contributed by atoms with E-state index in [1.165, 1.54) is 0 Å². The Morgan fingerprint density at radius 2 is 1.76 bits per heavy atom. The number of hydrogen-bond donors (Lipinski definition) is 0. The molecule has 4 nitrogen and oxygen atoms in total. The molecule has 0 spiro atoms. The highest BCUT2D eigenvalue weighted by atomic mass is 35.5. The Morgan fingerprint density at radius 3 is 2.48 bits per heavy atom. The predicted molar refractivity (Wildman–Crippen MR) is 83.3 cm³/mol. The zero-order valence-electron chi connectivity index (χ0n) is 11.5. The van der Waals surface area contributed by atoms with E-state index in [1.54, 1.807) is 18.5 Å². The first-order valence-electron chi connectivity index (χ1n) is 6.55. The number of nitrogens with zero attached hydrogens (tertiary/aromatic N) is 3. The van der Waals surface area contributed by atoms with Gasteiger partial charge in [-0.25, -0.2) is 9.97 Å². The Balaban J connectivity index is 1.75. The normalized spacial score (nSPS) is 10.6. The minimum Gasteiger partial charge on any atom is -0.459 e. The molecule has 21 heavy (non-hydrogen) atoms. The minimum absolute atomic E-state index is 0.609. The van der Waals surface area contributed by atoms with Gasteiger partial charge in [-0.05, 0) is 42.5 Å². The number of hydrogen-bond acceptors (Lipinski definition) is 4. The summed E-state index contributed by atoms with van der Waals surface area (Å²) in [5, 5.41) is 0.714. The number of rotatable bonds is 4. The molecular formula is C16H14ClN3O. The maximum absolute atomic E-state index is 5.89. The molecule has 0 saturated heterocycles. The molecule has 5 heteroatoms. The van der Waals surface area contributed by atoms with E-state index in [4.69, 9.17) is 16.0 Å². The zero-order chi connectivity index (χ0) is 14.7. The lowest BCUT2D eigenvalue weighted by atomic mass is 10.2. The lowest BCUT2D eigenvalue weighted by Gasteiger charge is -2.14. The van der Waals surface area contributed by atoms with Gasteiger partial charge in [0.15, 0.2) is 0 Å². The Labute approximate surface area is 128 Å². The lowest BCUT2D eigenvalue weighted by Crippen LogP contribution is -2.18. The van der Waals surface area contributed by atoms with E-state index in [2.05, 4.69) is 9.97 Å². The average Bonchev–Trinajstić information content (AvgIpc) is 2.97. The van der Waals surface area contributed by atoms with E-state index >= 15 is 0 Å². The molecule has 0 aliphatic rings. The van der Waals surface area contributed by atoms with Crippen LogP contribution in [0.2, 0.25) is 5.02 Å². The molecular weight excluding hydrogens is 286 g/mol. The number of aromatic nitrogens is 2. The van der Waals surface area contributed by atoms with Gasteiger partial charge in [0.05, 0.1) is 6.54 Å². The highest BCUT2D eigenvalue weighted by Crippen LogP contribution is 2.24. The van der Waals surface area contributed by atoms with E-state index in [0.717, 1.165) is 17.1 Å². The van der Waals surface area contributed by atoms with Gasteiger partial charge in [-0.15, -0.1) is 0 Å². The first kappa shape index (κ1) is 13.6. The van der Waals surface area contributed by atoms with Crippen LogP contribution in [0.15, 0.2) is 59.3 Å². The van der Waals surface area contributed by atoms with Crippen molar-refractivity contribution in [3.8, 4) is 11.3 Å². The Morgan fingerprint density at radius 1 is 1.05 bits per heavy atom. The van der Waals surface area contributed by atoms with Crippen LogP contribution in [0.3, 0.4) is 0 Å². The molecule has 3 rings (SSSR count). The molecule has 106 valence electrons. The summed E-state index contributed by atoms with van der Waals surface area (Å²) >= 11 is 5.89. The van der Waals surface area contributed by atoms with Crippen molar-refractivity contribution in [2.75, 3.05) is 11.9 Å². The minimum atomic E-state index is 0.609. The largest absolute Gasteiger partial charge is 0.459 e. The van der Waals surface area contributed by atoms with Crippen LogP contribution in [0.25, 0.3) is 11.3 Å². The smallest absolute Gasteiger partial charge is 0.225 e. The van der Waals surface area contributed by atoms with Crippen LogP contribution in [0.5, 0.6) is 0 Å². The summed E-state index contributed by atoms with van der Waals surface area (Å²) in [6.45, 7) is 0.609. The van der Waals surface area contributed by atoms with Crippen LogP contribution in [0.1, 0.15) is 5.76 Å². The van der Waals surface area contributed by atoms with Crippen LogP contribution >= 0.6 is 11.6 Å². The van der Waals surface area contributed by atoms with Crippen molar-refractivity contribution in [1.29, 1.82) is 0 Å². The Kier molecular flexibility index (Phi) is 3.88. The van der Waals surface area contributed by atoms with Crippen molar-refractivity contribution in [1.82, 2.24) is 9.97 Å². The molecule has 3 aromatic rings. The van der Waals surface area contributed by atoms with Gasteiger partial charge < -0.3 is 9.32 Å². The van der Waals surface area contributed by atoms with Crippen molar-refractivity contribution in [2.24, 2.45) is 0 Å². The van der Waals surface area contributed by atoms with Crippen molar-refractivity contribution < 1.29 is 4.42 Å².